The third-order valence-electron chi connectivity index (χ3n) is 4.25. The number of esters is 2. The SMILES string of the molecule is CCOC(=O)CNC(=O)[C@H](CSC(=O)N(O)c1ccc(Cl)cc1)NC(=O)CC[C@H](N)C(=O)OCC. The van der Waals surface area contributed by atoms with Crippen molar-refractivity contribution < 1.29 is 38.7 Å². The maximum absolute atomic E-state index is 12.6. The van der Waals surface area contributed by atoms with Gasteiger partial charge in [0.15, 0.2) is 0 Å². The number of amides is 3. The van der Waals surface area contributed by atoms with Crippen molar-refractivity contribution in [3.8, 4) is 0 Å². The second-order valence-corrected chi connectivity index (χ2v) is 8.31. The Balaban J connectivity index is 2.76. The summed E-state index contributed by atoms with van der Waals surface area (Å²) >= 11 is 6.35. The summed E-state index contributed by atoms with van der Waals surface area (Å²) in [6.07, 6.45) is -0.230. The highest BCUT2D eigenvalue weighted by Gasteiger charge is 2.25. The molecular weight excluding hydrogens is 504 g/mol. The Hall–Kier alpha value is -2.87. The smallest absolute Gasteiger partial charge is 0.325 e. The lowest BCUT2D eigenvalue weighted by atomic mass is 10.1. The fraction of sp³-hybridized carbons (Fsp3) is 0.476. The molecule has 0 bridgehead atoms. The molecule has 0 aliphatic heterocycles. The number of rotatable bonds is 13. The summed E-state index contributed by atoms with van der Waals surface area (Å²) in [5, 5.41) is 14.8. The summed E-state index contributed by atoms with van der Waals surface area (Å²) in [5.41, 5.74) is 5.82. The van der Waals surface area contributed by atoms with Crippen LogP contribution in [0.15, 0.2) is 24.3 Å². The molecule has 35 heavy (non-hydrogen) atoms. The zero-order valence-electron chi connectivity index (χ0n) is 19.3. The molecule has 0 aromatic heterocycles. The topological polar surface area (TPSA) is 177 Å². The predicted molar refractivity (Wildman–Crippen MR) is 129 cm³/mol. The molecule has 3 amide bonds. The van der Waals surface area contributed by atoms with Gasteiger partial charge < -0.3 is 25.8 Å². The average Bonchev–Trinajstić information content (AvgIpc) is 2.83. The fourth-order valence-electron chi connectivity index (χ4n) is 2.50. The molecule has 0 saturated carbocycles. The van der Waals surface area contributed by atoms with E-state index in [1.807, 2.05) is 0 Å². The van der Waals surface area contributed by atoms with Crippen molar-refractivity contribution in [3.05, 3.63) is 29.3 Å². The number of benzene rings is 1. The number of hydroxylamine groups is 1. The second kappa shape index (κ2) is 15.9. The molecule has 12 nitrogen and oxygen atoms in total. The van der Waals surface area contributed by atoms with Gasteiger partial charge in [0, 0.05) is 17.2 Å². The first-order valence-electron chi connectivity index (χ1n) is 10.6. The number of nitrogens with zero attached hydrogens (tertiary/aromatic N) is 1. The van der Waals surface area contributed by atoms with Crippen LogP contribution in [0.5, 0.6) is 0 Å². The zero-order chi connectivity index (χ0) is 26.4. The highest BCUT2D eigenvalue weighted by molar-refractivity contribution is 8.13. The molecule has 0 unspecified atom stereocenters. The molecule has 0 aliphatic rings. The highest BCUT2D eigenvalue weighted by atomic mass is 35.5. The molecule has 2 atom stereocenters. The standard InChI is InChI=1S/C21H29ClN4O8S/c1-3-33-18(28)11-24-19(29)16(25-17(27)10-9-15(23)20(30)34-4-2)12-35-21(31)26(32)14-7-5-13(22)6-8-14/h5-8,15-16,32H,3-4,9-12,23H2,1-2H3,(H,24,29)(H,25,27)/t15-,16-/m0/s1. The summed E-state index contributed by atoms with van der Waals surface area (Å²) in [4.78, 5) is 60.4. The van der Waals surface area contributed by atoms with Gasteiger partial charge in [-0.2, -0.15) is 5.06 Å². The van der Waals surface area contributed by atoms with E-state index >= 15 is 0 Å². The summed E-state index contributed by atoms with van der Waals surface area (Å²) in [6.45, 7) is 3.05. The van der Waals surface area contributed by atoms with Crippen molar-refractivity contribution in [2.45, 2.75) is 38.8 Å². The molecule has 0 heterocycles. The molecule has 0 fully saturated rings. The molecule has 5 N–H and O–H groups in total. The van der Waals surface area contributed by atoms with E-state index in [1.54, 1.807) is 13.8 Å². The summed E-state index contributed by atoms with van der Waals surface area (Å²) in [5.74, 6) is -2.98. The van der Waals surface area contributed by atoms with Gasteiger partial charge >= 0.3 is 17.2 Å². The van der Waals surface area contributed by atoms with Crippen molar-refractivity contribution in [2.24, 2.45) is 5.73 Å². The fourth-order valence-corrected chi connectivity index (χ4v) is 3.40. The summed E-state index contributed by atoms with van der Waals surface area (Å²) < 4.78 is 9.52. The lowest BCUT2D eigenvalue weighted by molar-refractivity contribution is -0.145. The van der Waals surface area contributed by atoms with Crippen LogP contribution >= 0.6 is 23.4 Å². The molecule has 0 saturated heterocycles. The van der Waals surface area contributed by atoms with Crippen LogP contribution in [0, 0.1) is 0 Å². The molecule has 0 aliphatic carbocycles. The Morgan fingerprint density at radius 2 is 1.74 bits per heavy atom. The number of carbonyl (C=O) groups is 5. The lowest BCUT2D eigenvalue weighted by Crippen LogP contribution is -2.50. The first kappa shape index (κ1) is 30.2. The molecule has 1 aromatic rings. The molecule has 0 spiro atoms. The van der Waals surface area contributed by atoms with E-state index in [0.717, 1.165) is 0 Å². The van der Waals surface area contributed by atoms with Gasteiger partial charge in [-0.1, -0.05) is 23.4 Å². The number of halogens is 1. The molecule has 1 aromatic carbocycles. The Labute approximate surface area is 211 Å². The van der Waals surface area contributed by atoms with Crippen LogP contribution in [0.4, 0.5) is 10.5 Å². The largest absolute Gasteiger partial charge is 0.465 e. The van der Waals surface area contributed by atoms with E-state index in [0.29, 0.717) is 21.8 Å². The van der Waals surface area contributed by atoms with Gasteiger partial charge in [0.25, 0.3) is 0 Å². The monoisotopic (exact) mass is 532 g/mol. The lowest BCUT2D eigenvalue weighted by Gasteiger charge is -2.20. The Morgan fingerprint density at radius 3 is 2.34 bits per heavy atom. The minimum absolute atomic E-state index is 0.0328. The quantitative estimate of drug-likeness (QED) is 0.164. The first-order valence-corrected chi connectivity index (χ1v) is 12.0. The molecule has 1 rings (SSSR count). The number of anilines is 1. The van der Waals surface area contributed by atoms with Crippen LogP contribution in [0.1, 0.15) is 26.7 Å². The van der Waals surface area contributed by atoms with Gasteiger partial charge in [-0.25, -0.2) is 0 Å². The molecule has 0 radical (unpaired) electrons. The number of carbonyl (C=O) groups excluding carboxylic acids is 5. The van der Waals surface area contributed by atoms with E-state index in [2.05, 4.69) is 10.6 Å². The minimum Gasteiger partial charge on any atom is -0.465 e. The van der Waals surface area contributed by atoms with Gasteiger partial charge in [-0.15, -0.1) is 0 Å². The summed E-state index contributed by atoms with van der Waals surface area (Å²) in [6, 6.07) is 3.52. The Kier molecular flexibility index (Phi) is 13.7. The van der Waals surface area contributed by atoms with Crippen LogP contribution in [-0.2, 0) is 28.7 Å². The first-order chi connectivity index (χ1) is 16.6. The van der Waals surface area contributed by atoms with Gasteiger partial charge in [0.1, 0.15) is 18.6 Å². The van der Waals surface area contributed by atoms with Crippen molar-refractivity contribution >= 4 is 58.0 Å². The van der Waals surface area contributed by atoms with Crippen molar-refractivity contribution in [2.75, 3.05) is 30.6 Å². The number of nitrogens with one attached hydrogen (secondary N) is 2. The number of ether oxygens (including phenoxy) is 2. The number of hydrogen-bond donors (Lipinski definition) is 4. The Bertz CT molecular complexity index is 887. The minimum atomic E-state index is -1.25. The molecule has 14 heteroatoms. The van der Waals surface area contributed by atoms with Crippen molar-refractivity contribution in [1.29, 1.82) is 0 Å². The van der Waals surface area contributed by atoms with Crippen LogP contribution in [-0.4, -0.2) is 71.8 Å². The van der Waals surface area contributed by atoms with Crippen LogP contribution in [0.2, 0.25) is 5.02 Å². The van der Waals surface area contributed by atoms with Crippen molar-refractivity contribution in [1.82, 2.24) is 10.6 Å². The normalized spacial score (nSPS) is 12.1. The van der Waals surface area contributed by atoms with Gasteiger partial charge in [0.2, 0.25) is 11.8 Å². The third-order valence-corrected chi connectivity index (χ3v) is 5.43. The van der Waals surface area contributed by atoms with E-state index in [9.17, 15) is 29.2 Å². The van der Waals surface area contributed by atoms with Crippen LogP contribution in [0.3, 0.4) is 0 Å². The van der Waals surface area contributed by atoms with Crippen molar-refractivity contribution in [3.63, 3.8) is 0 Å². The summed E-state index contributed by atoms with van der Waals surface area (Å²) in [7, 11) is 0. The number of thioether (sulfide) groups is 1. The van der Waals surface area contributed by atoms with Gasteiger partial charge in [-0.05, 0) is 44.5 Å². The predicted octanol–water partition coefficient (Wildman–Crippen LogP) is 1.22. The Morgan fingerprint density at radius 1 is 1.11 bits per heavy atom. The van der Waals surface area contributed by atoms with Gasteiger partial charge in [0.05, 0.1) is 18.9 Å². The number of hydrogen-bond acceptors (Lipinski definition) is 10. The second-order valence-electron chi connectivity index (χ2n) is 6.91. The third kappa shape index (κ3) is 11.4. The van der Waals surface area contributed by atoms with E-state index in [-0.39, 0.29) is 37.5 Å². The maximum atomic E-state index is 12.6. The van der Waals surface area contributed by atoms with Gasteiger partial charge in [-0.3, -0.25) is 29.2 Å². The maximum Gasteiger partial charge on any atom is 0.325 e. The average molecular weight is 533 g/mol. The molecular formula is C21H29ClN4O8S. The van der Waals surface area contributed by atoms with E-state index < -0.39 is 47.6 Å². The van der Waals surface area contributed by atoms with Crippen LogP contribution in [0.25, 0.3) is 0 Å². The van der Waals surface area contributed by atoms with E-state index in [4.69, 9.17) is 26.8 Å². The number of nitrogens with two attached hydrogens (primary N) is 1. The molecule has 194 valence electrons. The zero-order valence-corrected chi connectivity index (χ0v) is 20.9. The highest BCUT2D eigenvalue weighted by Crippen LogP contribution is 2.20. The van der Waals surface area contributed by atoms with E-state index in [1.165, 1.54) is 24.3 Å². The van der Waals surface area contributed by atoms with Crippen LogP contribution < -0.4 is 21.4 Å².